The van der Waals surface area contributed by atoms with Gasteiger partial charge in [-0.05, 0) is 41.8 Å². The number of rotatable bonds is 4. The molecular formula is C20H16N2O. The Balaban J connectivity index is 1.91. The maximum atomic E-state index is 9.29. The number of nitrogens with zero attached hydrogens (tertiary/aromatic N) is 2. The fourth-order valence-electron chi connectivity index (χ4n) is 2.40. The standard InChI is InChI=1S/C20H16N2O/c1-15-9-10-22-13-19(15)17-7-8-18(12-21)20(11-17)23-14-16-5-3-2-4-6-16/h2-11,13H,14H2,1H3. The summed E-state index contributed by atoms with van der Waals surface area (Å²) in [5.41, 5.74) is 4.78. The molecule has 0 aliphatic heterocycles. The van der Waals surface area contributed by atoms with E-state index in [0.29, 0.717) is 17.9 Å². The van der Waals surface area contributed by atoms with Gasteiger partial charge in [-0.15, -0.1) is 0 Å². The lowest BCUT2D eigenvalue weighted by molar-refractivity contribution is 0.305. The molecule has 3 nitrogen and oxygen atoms in total. The van der Waals surface area contributed by atoms with Gasteiger partial charge in [-0.2, -0.15) is 5.26 Å². The van der Waals surface area contributed by atoms with Crippen LogP contribution >= 0.6 is 0 Å². The number of aromatic nitrogens is 1. The van der Waals surface area contributed by atoms with Gasteiger partial charge in [0.2, 0.25) is 0 Å². The summed E-state index contributed by atoms with van der Waals surface area (Å²) in [6, 6.07) is 19.7. The Bertz CT molecular complexity index is 851. The Morgan fingerprint density at radius 2 is 1.91 bits per heavy atom. The molecule has 0 fully saturated rings. The molecule has 112 valence electrons. The van der Waals surface area contributed by atoms with Crippen molar-refractivity contribution in [3.8, 4) is 22.9 Å². The molecule has 23 heavy (non-hydrogen) atoms. The van der Waals surface area contributed by atoms with Crippen LogP contribution in [0.4, 0.5) is 0 Å². The van der Waals surface area contributed by atoms with Gasteiger partial charge in [0.05, 0.1) is 5.56 Å². The Labute approximate surface area is 135 Å². The van der Waals surface area contributed by atoms with Gasteiger partial charge in [0.1, 0.15) is 18.4 Å². The number of benzene rings is 2. The molecule has 0 spiro atoms. The normalized spacial score (nSPS) is 10.1. The highest BCUT2D eigenvalue weighted by Gasteiger charge is 2.08. The minimum Gasteiger partial charge on any atom is -0.488 e. The Morgan fingerprint density at radius 1 is 1.09 bits per heavy atom. The van der Waals surface area contributed by atoms with Crippen molar-refractivity contribution in [2.75, 3.05) is 0 Å². The van der Waals surface area contributed by atoms with E-state index in [-0.39, 0.29) is 0 Å². The van der Waals surface area contributed by atoms with E-state index in [2.05, 4.69) is 11.1 Å². The Morgan fingerprint density at radius 3 is 2.65 bits per heavy atom. The molecule has 0 atom stereocenters. The zero-order valence-corrected chi connectivity index (χ0v) is 12.9. The number of ether oxygens (including phenoxy) is 1. The van der Waals surface area contributed by atoms with Gasteiger partial charge in [0.15, 0.2) is 0 Å². The van der Waals surface area contributed by atoms with Crippen molar-refractivity contribution in [3.63, 3.8) is 0 Å². The molecule has 0 amide bonds. The summed E-state index contributed by atoms with van der Waals surface area (Å²) >= 11 is 0. The molecule has 1 aromatic heterocycles. The van der Waals surface area contributed by atoms with E-state index in [1.54, 1.807) is 12.3 Å². The molecule has 0 saturated carbocycles. The van der Waals surface area contributed by atoms with Gasteiger partial charge in [-0.1, -0.05) is 36.4 Å². The maximum absolute atomic E-state index is 9.29. The summed E-state index contributed by atoms with van der Waals surface area (Å²) in [5, 5.41) is 9.29. The third-order valence-corrected chi connectivity index (χ3v) is 3.69. The van der Waals surface area contributed by atoms with Crippen LogP contribution in [-0.4, -0.2) is 4.98 Å². The Kier molecular flexibility index (Phi) is 4.35. The fraction of sp³-hybridized carbons (Fsp3) is 0.100. The molecule has 0 saturated heterocycles. The predicted molar refractivity (Wildman–Crippen MR) is 89.9 cm³/mol. The molecule has 0 unspecified atom stereocenters. The zero-order valence-electron chi connectivity index (χ0n) is 12.9. The first-order valence-electron chi connectivity index (χ1n) is 7.40. The summed E-state index contributed by atoms with van der Waals surface area (Å²) in [6.45, 7) is 2.48. The molecule has 3 heteroatoms. The van der Waals surface area contributed by atoms with Crippen molar-refractivity contribution in [3.05, 3.63) is 83.7 Å². The lowest BCUT2D eigenvalue weighted by atomic mass is 10.0. The van der Waals surface area contributed by atoms with Crippen molar-refractivity contribution in [2.45, 2.75) is 13.5 Å². The second-order valence-corrected chi connectivity index (χ2v) is 5.29. The number of hydrogen-bond acceptors (Lipinski definition) is 3. The van der Waals surface area contributed by atoms with Crippen molar-refractivity contribution < 1.29 is 4.74 Å². The third-order valence-electron chi connectivity index (χ3n) is 3.69. The van der Waals surface area contributed by atoms with Crippen LogP contribution in [0.25, 0.3) is 11.1 Å². The van der Waals surface area contributed by atoms with E-state index in [1.165, 1.54) is 0 Å². The van der Waals surface area contributed by atoms with Crippen molar-refractivity contribution >= 4 is 0 Å². The number of hydrogen-bond donors (Lipinski definition) is 0. The molecule has 0 aliphatic rings. The molecule has 0 bridgehead atoms. The van der Waals surface area contributed by atoms with Crippen LogP contribution in [0.5, 0.6) is 5.75 Å². The highest BCUT2D eigenvalue weighted by atomic mass is 16.5. The first kappa shape index (κ1) is 14.8. The first-order chi connectivity index (χ1) is 11.3. The van der Waals surface area contributed by atoms with Crippen LogP contribution < -0.4 is 4.74 Å². The van der Waals surface area contributed by atoms with E-state index < -0.39 is 0 Å². The van der Waals surface area contributed by atoms with Gasteiger partial charge < -0.3 is 4.74 Å². The summed E-state index contributed by atoms with van der Waals surface area (Å²) in [5.74, 6) is 0.595. The number of pyridine rings is 1. The monoisotopic (exact) mass is 300 g/mol. The lowest BCUT2D eigenvalue weighted by Gasteiger charge is -2.11. The molecule has 0 N–H and O–H groups in total. The quantitative estimate of drug-likeness (QED) is 0.712. The van der Waals surface area contributed by atoms with Gasteiger partial charge in [-0.25, -0.2) is 0 Å². The van der Waals surface area contributed by atoms with Gasteiger partial charge in [0.25, 0.3) is 0 Å². The van der Waals surface area contributed by atoms with Gasteiger partial charge >= 0.3 is 0 Å². The van der Waals surface area contributed by atoms with E-state index in [1.807, 2.05) is 61.7 Å². The van der Waals surface area contributed by atoms with Crippen molar-refractivity contribution in [2.24, 2.45) is 0 Å². The molecule has 2 aromatic carbocycles. The van der Waals surface area contributed by atoms with Gasteiger partial charge in [-0.3, -0.25) is 4.98 Å². The van der Waals surface area contributed by atoms with Crippen LogP contribution in [0.1, 0.15) is 16.7 Å². The largest absolute Gasteiger partial charge is 0.488 e. The minimum atomic E-state index is 0.436. The van der Waals surface area contributed by atoms with Crippen LogP contribution in [0.15, 0.2) is 67.0 Å². The topological polar surface area (TPSA) is 45.9 Å². The van der Waals surface area contributed by atoms with E-state index in [9.17, 15) is 5.26 Å². The zero-order chi connectivity index (χ0) is 16.1. The minimum absolute atomic E-state index is 0.436. The predicted octanol–water partition coefficient (Wildman–Crippen LogP) is 4.51. The molecule has 3 rings (SSSR count). The van der Waals surface area contributed by atoms with Crippen LogP contribution in [0, 0.1) is 18.3 Å². The average Bonchev–Trinajstić information content (AvgIpc) is 2.61. The highest BCUT2D eigenvalue weighted by molar-refractivity contribution is 5.69. The molecule has 0 aliphatic carbocycles. The van der Waals surface area contributed by atoms with Crippen LogP contribution in [-0.2, 0) is 6.61 Å². The highest BCUT2D eigenvalue weighted by Crippen LogP contribution is 2.29. The summed E-state index contributed by atoms with van der Waals surface area (Å²) in [4.78, 5) is 4.18. The SMILES string of the molecule is Cc1ccncc1-c1ccc(C#N)c(OCc2ccccc2)c1. The fourth-order valence-corrected chi connectivity index (χ4v) is 2.40. The maximum Gasteiger partial charge on any atom is 0.138 e. The van der Waals surface area contributed by atoms with E-state index in [4.69, 9.17) is 4.74 Å². The summed E-state index contributed by atoms with van der Waals surface area (Å²) in [7, 11) is 0. The van der Waals surface area contributed by atoms with Crippen molar-refractivity contribution in [1.82, 2.24) is 4.98 Å². The third kappa shape index (κ3) is 3.38. The first-order valence-corrected chi connectivity index (χ1v) is 7.40. The van der Waals surface area contributed by atoms with E-state index in [0.717, 1.165) is 22.3 Å². The summed E-state index contributed by atoms with van der Waals surface area (Å²) < 4.78 is 5.87. The number of aryl methyl sites for hydroxylation is 1. The number of nitriles is 1. The average molecular weight is 300 g/mol. The van der Waals surface area contributed by atoms with E-state index >= 15 is 0 Å². The van der Waals surface area contributed by atoms with Crippen LogP contribution in [0.2, 0.25) is 0 Å². The summed E-state index contributed by atoms with van der Waals surface area (Å²) in [6.07, 6.45) is 3.60. The smallest absolute Gasteiger partial charge is 0.138 e. The molecule has 3 aromatic rings. The Hall–Kier alpha value is -3.12. The van der Waals surface area contributed by atoms with Crippen LogP contribution in [0.3, 0.4) is 0 Å². The molecule has 0 radical (unpaired) electrons. The molecular weight excluding hydrogens is 284 g/mol. The lowest BCUT2D eigenvalue weighted by Crippen LogP contribution is -1.97. The second kappa shape index (κ2) is 6.76. The molecule has 1 heterocycles. The van der Waals surface area contributed by atoms with Crippen molar-refractivity contribution in [1.29, 1.82) is 5.26 Å². The van der Waals surface area contributed by atoms with Gasteiger partial charge in [0, 0.05) is 18.0 Å². The second-order valence-electron chi connectivity index (χ2n) is 5.29.